The number of rotatable bonds is 3. The Kier molecular flexibility index (Phi) is 4.74. The van der Waals surface area contributed by atoms with Gasteiger partial charge in [0.15, 0.2) is 5.65 Å². The predicted octanol–water partition coefficient (Wildman–Crippen LogP) is 3.05. The molecule has 1 fully saturated rings. The van der Waals surface area contributed by atoms with Gasteiger partial charge in [-0.2, -0.15) is 0 Å². The first kappa shape index (κ1) is 19.0. The van der Waals surface area contributed by atoms with Gasteiger partial charge in [-0.1, -0.05) is 24.6 Å². The van der Waals surface area contributed by atoms with Gasteiger partial charge >= 0.3 is 0 Å². The summed E-state index contributed by atoms with van der Waals surface area (Å²) >= 11 is 0. The molecule has 156 valence electrons. The van der Waals surface area contributed by atoms with Crippen LogP contribution >= 0.6 is 0 Å². The molecule has 0 spiro atoms. The van der Waals surface area contributed by atoms with Crippen LogP contribution in [0.3, 0.4) is 0 Å². The maximum atomic E-state index is 13.5. The monoisotopic (exact) mass is 415 g/mol. The lowest BCUT2D eigenvalue weighted by Gasteiger charge is -2.04. The van der Waals surface area contributed by atoms with Crippen LogP contribution in [0.25, 0.3) is 28.3 Å². The zero-order valence-corrected chi connectivity index (χ0v) is 16.8. The van der Waals surface area contributed by atoms with E-state index in [9.17, 15) is 14.9 Å². The summed E-state index contributed by atoms with van der Waals surface area (Å²) in [6, 6.07) is 15.8. The van der Waals surface area contributed by atoms with Crippen molar-refractivity contribution in [2.24, 2.45) is 0 Å². The van der Waals surface area contributed by atoms with Crippen LogP contribution in [0.1, 0.15) is 25.7 Å². The molecule has 8 nitrogen and oxygen atoms in total. The molecule has 2 aromatic heterocycles. The fourth-order valence-corrected chi connectivity index (χ4v) is 4.11. The molecule has 0 radical (unpaired) electrons. The SMILES string of the molecule is O=c1/c(=C2/CCCCCN2)c2nc(-c3ccc([N+](=O)[O-])cc3)cn2n1-c1ccccc1. The highest BCUT2D eigenvalue weighted by Crippen LogP contribution is 2.22. The minimum absolute atomic E-state index is 0.0297. The van der Waals surface area contributed by atoms with Gasteiger partial charge in [0.1, 0.15) is 5.22 Å². The lowest BCUT2D eigenvalue weighted by molar-refractivity contribution is -0.384. The topological polar surface area (TPSA) is 94.5 Å². The van der Waals surface area contributed by atoms with Crippen molar-refractivity contribution in [2.75, 3.05) is 6.54 Å². The second kappa shape index (κ2) is 7.71. The Bertz CT molecular complexity index is 1360. The quantitative estimate of drug-likeness (QED) is 0.410. The molecule has 0 atom stereocenters. The van der Waals surface area contributed by atoms with Gasteiger partial charge in [-0.05, 0) is 43.5 Å². The Morgan fingerprint density at radius 2 is 1.77 bits per heavy atom. The number of nitrogens with one attached hydrogen (secondary N) is 1. The van der Waals surface area contributed by atoms with Gasteiger partial charge in [0, 0.05) is 29.9 Å². The fourth-order valence-electron chi connectivity index (χ4n) is 4.11. The summed E-state index contributed by atoms with van der Waals surface area (Å²) in [5.41, 5.74) is 3.62. The Hall–Kier alpha value is -3.94. The zero-order valence-electron chi connectivity index (χ0n) is 16.8. The number of benzene rings is 2. The number of fused-ring (bicyclic) bond motifs is 1. The molecule has 0 unspecified atom stereocenters. The Morgan fingerprint density at radius 3 is 2.52 bits per heavy atom. The molecule has 1 aliphatic rings. The largest absolute Gasteiger partial charge is 0.388 e. The normalized spacial score (nSPS) is 16.1. The van der Waals surface area contributed by atoms with E-state index in [2.05, 4.69) is 5.32 Å². The highest BCUT2D eigenvalue weighted by Gasteiger charge is 2.19. The van der Waals surface area contributed by atoms with Crippen molar-refractivity contribution in [3.63, 3.8) is 0 Å². The number of para-hydroxylation sites is 1. The zero-order chi connectivity index (χ0) is 21.4. The molecule has 0 bridgehead atoms. The summed E-state index contributed by atoms with van der Waals surface area (Å²) in [7, 11) is 0. The number of hydrogen-bond donors (Lipinski definition) is 1. The van der Waals surface area contributed by atoms with E-state index in [0.29, 0.717) is 16.6 Å². The smallest absolute Gasteiger partial charge is 0.283 e. The van der Waals surface area contributed by atoms with Gasteiger partial charge in [0.2, 0.25) is 0 Å². The molecule has 0 aliphatic carbocycles. The van der Waals surface area contributed by atoms with Crippen LogP contribution in [0.2, 0.25) is 0 Å². The molecule has 3 heterocycles. The van der Waals surface area contributed by atoms with Crippen LogP contribution in [-0.2, 0) is 0 Å². The molecule has 0 saturated carbocycles. The summed E-state index contributed by atoms with van der Waals surface area (Å²) in [5, 5.41) is 15.0. The molecule has 2 aromatic carbocycles. The molecule has 5 rings (SSSR count). The van der Waals surface area contributed by atoms with Gasteiger partial charge in [-0.25, -0.2) is 14.2 Å². The van der Waals surface area contributed by atoms with Crippen molar-refractivity contribution < 1.29 is 4.92 Å². The lowest BCUT2D eigenvalue weighted by atomic mass is 10.1. The average Bonchev–Trinajstić information content (AvgIpc) is 3.18. The second-order valence-electron chi connectivity index (χ2n) is 7.64. The second-order valence-corrected chi connectivity index (χ2v) is 7.64. The summed E-state index contributed by atoms with van der Waals surface area (Å²) in [6.45, 7) is 0.841. The van der Waals surface area contributed by atoms with Gasteiger partial charge in [0.05, 0.1) is 22.5 Å². The summed E-state index contributed by atoms with van der Waals surface area (Å²) in [5.74, 6) is 0. The number of nitro groups is 1. The van der Waals surface area contributed by atoms with Crippen LogP contribution in [0.4, 0.5) is 5.69 Å². The minimum Gasteiger partial charge on any atom is -0.388 e. The minimum atomic E-state index is -0.424. The highest BCUT2D eigenvalue weighted by atomic mass is 16.6. The van der Waals surface area contributed by atoms with Crippen molar-refractivity contribution in [3.05, 3.63) is 86.5 Å². The predicted molar refractivity (Wildman–Crippen MR) is 118 cm³/mol. The van der Waals surface area contributed by atoms with Crippen LogP contribution in [0.5, 0.6) is 0 Å². The van der Waals surface area contributed by atoms with Gasteiger partial charge in [0.25, 0.3) is 11.2 Å². The lowest BCUT2D eigenvalue weighted by Crippen LogP contribution is -2.33. The van der Waals surface area contributed by atoms with Crippen molar-refractivity contribution in [2.45, 2.75) is 25.7 Å². The average molecular weight is 415 g/mol. The summed E-state index contributed by atoms with van der Waals surface area (Å²) in [6.07, 6.45) is 5.86. The maximum Gasteiger partial charge on any atom is 0.283 e. The van der Waals surface area contributed by atoms with Crippen LogP contribution in [0.15, 0.2) is 65.6 Å². The Labute approximate surface area is 177 Å². The fraction of sp³-hybridized carbons (Fsp3) is 0.217. The molecule has 8 heteroatoms. The summed E-state index contributed by atoms with van der Waals surface area (Å²) < 4.78 is 3.41. The molecular weight excluding hydrogens is 394 g/mol. The number of non-ortho nitro benzene ring substituents is 1. The van der Waals surface area contributed by atoms with Gasteiger partial charge in [-0.3, -0.25) is 14.9 Å². The standard InChI is InChI=1S/C23H21N5O3/c29-23-21(19-9-5-2-6-14-24-19)22-25-20(16-10-12-18(13-11-16)28(30)31)15-26(22)27(23)17-7-3-1-4-8-17/h1,3-4,7-8,10-13,15,24H,2,5-6,9,14H2/b21-19-. The number of aromatic nitrogens is 3. The molecule has 31 heavy (non-hydrogen) atoms. The van der Waals surface area contributed by atoms with E-state index in [-0.39, 0.29) is 11.2 Å². The van der Waals surface area contributed by atoms with Crippen LogP contribution < -0.4 is 16.1 Å². The molecule has 1 aliphatic heterocycles. The van der Waals surface area contributed by atoms with Gasteiger partial charge < -0.3 is 5.32 Å². The summed E-state index contributed by atoms with van der Waals surface area (Å²) in [4.78, 5) is 28.8. The first-order chi connectivity index (χ1) is 15.1. The van der Waals surface area contributed by atoms with Crippen molar-refractivity contribution in [1.82, 2.24) is 19.5 Å². The van der Waals surface area contributed by atoms with E-state index in [0.717, 1.165) is 49.2 Å². The number of hydrogen-bond acceptors (Lipinski definition) is 5. The highest BCUT2D eigenvalue weighted by molar-refractivity contribution is 5.66. The van der Waals surface area contributed by atoms with E-state index in [1.165, 1.54) is 12.1 Å². The third-order valence-corrected chi connectivity index (χ3v) is 5.65. The number of imidazole rings is 1. The van der Waals surface area contributed by atoms with Crippen molar-refractivity contribution >= 4 is 17.0 Å². The number of nitro benzene ring substituents is 1. The number of nitrogens with zero attached hydrogens (tertiary/aromatic N) is 4. The van der Waals surface area contributed by atoms with Gasteiger partial charge in [-0.15, -0.1) is 0 Å². The first-order valence-electron chi connectivity index (χ1n) is 10.3. The molecule has 0 amide bonds. The molecular formula is C23H21N5O3. The van der Waals surface area contributed by atoms with E-state index in [4.69, 9.17) is 4.98 Å². The Morgan fingerprint density at radius 1 is 1.00 bits per heavy atom. The van der Waals surface area contributed by atoms with Crippen molar-refractivity contribution in [1.29, 1.82) is 0 Å². The molecule has 4 aromatic rings. The van der Waals surface area contributed by atoms with Crippen molar-refractivity contribution in [3.8, 4) is 16.9 Å². The molecule has 1 N–H and O–H groups in total. The van der Waals surface area contributed by atoms with Crippen LogP contribution in [0, 0.1) is 10.1 Å². The Balaban J connectivity index is 1.77. The van der Waals surface area contributed by atoms with E-state index in [1.54, 1.807) is 21.3 Å². The maximum absolute atomic E-state index is 13.5. The molecule has 1 saturated heterocycles. The van der Waals surface area contributed by atoms with E-state index in [1.807, 2.05) is 36.5 Å². The first-order valence-corrected chi connectivity index (χ1v) is 10.3. The third kappa shape index (κ3) is 3.35. The van der Waals surface area contributed by atoms with Crippen LogP contribution in [-0.4, -0.2) is 25.6 Å². The third-order valence-electron chi connectivity index (χ3n) is 5.65. The van der Waals surface area contributed by atoms with E-state index < -0.39 is 4.92 Å². The van der Waals surface area contributed by atoms with E-state index >= 15 is 0 Å².